The molecule has 106 valence electrons. The Morgan fingerprint density at radius 3 is 2.10 bits per heavy atom. The van der Waals surface area contributed by atoms with E-state index in [1.54, 1.807) is 0 Å². The largest absolute Gasteiger partial charge is 0.494 e. The molecule has 0 saturated carbocycles. The predicted molar refractivity (Wildman–Crippen MR) is 90.4 cm³/mol. The fraction of sp³-hybridized carbons (Fsp3) is 0.250. The van der Waals surface area contributed by atoms with Gasteiger partial charge in [-0.3, -0.25) is 0 Å². The molecule has 0 aliphatic heterocycles. The van der Waals surface area contributed by atoms with Gasteiger partial charge >= 0.3 is 0 Å². The van der Waals surface area contributed by atoms with E-state index in [0.717, 1.165) is 14.7 Å². The Bertz CT molecular complexity index is 549. The summed E-state index contributed by atoms with van der Waals surface area (Å²) in [5, 5.41) is 3.36. The van der Waals surface area contributed by atoms with Crippen molar-refractivity contribution < 1.29 is 4.74 Å². The van der Waals surface area contributed by atoms with E-state index in [0.29, 0.717) is 6.61 Å². The lowest BCUT2D eigenvalue weighted by molar-refractivity contribution is 0.340. The first-order valence-electron chi connectivity index (χ1n) is 6.50. The van der Waals surface area contributed by atoms with E-state index in [1.165, 1.54) is 11.1 Å². The minimum absolute atomic E-state index is 0.152. The lowest BCUT2D eigenvalue weighted by atomic mass is 9.99. The summed E-state index contributed by atoms with van der Waals surface area (Å²) in [4.78, 5) is 0. The van der Waals surface area contributed by atoms with Gasteiger partial charge in [-0.1, -0.05) is 44.0 Å². The van der Waals surface area contributed by atoms with Gasteiger partial charge in [0, 0.05) is 8.95 Å². The van der Waals surface area contributed by atoms with Crippen LogP contribution in [0.1, 0.15) is 24.1 Å². The van der Waals surface area contributed by atoms with E-state index in [9.17, 15) is 0 Å². The molecule has 0 aliphatic rings. The molecular weight excluding hydrogens is 382 g/mol. The third kappa shape index (κ3) is 3.84. The first-order valence-corrected chi connectivity index (χ1v) is 8.08. The highest BCUT2D eigenvalue weighted by atomic mass is 79.9. The number of hydrogen-bond acceptors (Lipinski definition) is 2. The highest BCUT2D eigenvalue weighted by Crippen LogP contribution is 2.29. The molecule has 0 radical (unpaired) electrons. The maximum absolute atomic E-state index is 5.48. The average molecular weight is 399 g/mol. The van der Waals surface area contributed by atoms with Gasteiger partial charge in [0.25, 0.3) is 0 Å². The summed E-state index contributed by atoms with van der Waals surface area (Å²) in [6.45, 7) is 2.68. The molecule has 2 rings (SSSR count). The van der Waals surface area contributed by atoms with Crippen LogP contribution in [0, 0.1) is 0 Å². The van der Waals surface area contributed by atoms with Crippen molar-refractivity contribution in [3.63, 3.8) is 0 Å². The molecule has 0 bridgehead atoms. The van der Waals surface area contributed by atoms with Crippen molar-refractivity contribution in [3.8, 4) is 5.75 Å². The van der Waals surface area contributed by atoms with E-state index < -0.39 is 0 Å². The van der Waals surface area contributed by atoms with E-state index in [2.05, 4.69) is 61.4 Å². The summed E-state index contributed by atoms with van der Waals surface area (Å²) in [6.07, 6.45) is 0. The summed E-state index contributed by atoms with van der Waals surface area (Å²) in [5.74, 6) is 0.904. The van der Waals surface area contributed by atoms with Crippen molar-refractivity contribution in [2.75, 3.05) is 13.7 Å². The molecule has 4 heteroatoms. The second-order valence-corrected chi connectivity index (χ2v) is 6.26. The minimum Gasteiger partial charge on any atom is -0.494 e. The van der Waals surface area contributed by atoms with Crippen LogP contribution in [-0.4, -0.2) is 13.7 Å². The van der Waals surface area contributed by atoms with E-state index >= 15 is 0 Å². The van der Waals surface area contributed by atoms with Crippen molar-refractivity contribution in [2.24, 2.45) is 0 Å². The number of ether oxygens (including phenoxy) is 1. The van der Waals surface area contributed by atoms with Crippen LogP contribution in [0.25, 0.3) is 0 Å². The van der Waals surface area contributed by atoms with Crippen LogP contribution in [0.4, 0.5) is 0 Å². The van der Waals surface area contributed by atoms with E-state index in [-0.39, 0.29) is 6.04 Å². The molecule has 20 heavy (non-hydrogen) atoms. The van der Waals surface area contributed by atoms with Crippen molar-refractivity contribution in [1.82, 2.24) is 5.32 Å². The van der Waals surface area contributed by atoms with Crippen molar-refractivity contribution >= 4 is 31.9 Å². The molecule has 2 aromatic carbocycles. The SMILES string of the molecule is CCOc1ccc(C(NC)c2cc(Br)cc(Br)c2)cc1. The summed E-state index contributed by atoms with van der Waals surface area (Å²) in [7, 11) is 1.97. The Balaban J connectivity index is 2.31. The predicted octanol–water partition coefficient (Wildman–Crippen LogP) is 4.92. The topological polar surface area (TPSA) is 21.3 Å². The molecule has 0 fully saturated rings. The molecule has 0 aromatic heterocycles. The molecular formula is C16H17Br2NO. The van der Waals surface area contributed by atoms with Gasteiger partial charge in [0.15, 0.2) is 0 Å². The fourth-order valence-corrected chi connectivity index (χ4v) is 3.52. The summed E-state index contributed by atoms with van der Waals surface area (Å²) >= 11 is 7.07. The molecule has 0 saturated heterocycles. The average Bonchev–Trinajstić information content (AvgIpc) is 2.41. The van der Waals surface area contributed by atoms with Gasteiger partial charge in [-0.05, 0) is 55.4 Å². The number of benzene rings is 2. The smallest absolute Gasteiger partial charge is 0.119 e. The van der Waals surface area contributed by atoms with Gasteiger partial charge < -0.3 is 10.1 Å². The number of hydrogen-bond donors (Lipinski definition) is 1. The lowest BCUT2D eigenvalue weighted by Gasteiger charge is -2.18. The lowest BCUT2D eigenvalue weighted by Crippen LogP contribution is -2.17. The van der Waals surface area contributed by atoms with Crippen LogP contribution in [0.2, 0.25) is 0 Å². The van der Waals surface area contributed by atoms with E-state index in [4.69, 9.17) is 4.74 Å². The van der Waals surface area contributed by atoms with Crippen LogP contribution in [0.5, 0.6) is 5.75 Å². The standard InChI is InChI=1S/C16H17Br2NO/c1-3-20-15-6-4-11(5-7-15)16(19-2)12-8-13(17)10-14(18)9-12/h4-10,16,19H,3H2,1-2H3. The van der Waals surface area contributed by atoms with Crippen molar-refractivity contribution in [1.29, 1.82) is 0 Å². The van der Waals surface area contributed by atoms with Crippen LogP contribution in [-0.2, 0) is 0 Å². The summed E-state index contributed by atoms with van der Waals surface area (Å²) < 4.78 is 7.61. The number of halogens is 2. The number of rotatable bonds is 5. The van der Waals surface area contributed by atoms with Gasteiger partial charge in [-0.2, -0.15) is 0 Å². The molecule has 0 amide bonds. The summed E-state index contributed by atoms with van der Waals surface area (Å²) in [6, 6.07) is 14.7. The van der Waals surface area contributed by atoms with Crippen molar-refractivity contribution in [3.05, 3.63) is 62.5 Å². The van der Waals surface area contributed by atoms with Crippen LogP contribution in [0.3, 0.4) is 0 Å². The zero-order valence-electron chi connectivity index (χ0n) is 11.5. The first-order chi connectivity index (χ1) is 9.63. The van der Waals surface area contributed by atoms with Gasteiger partial charge in [0.05, 0.1) is 12.6 Å². The Morgan fingerprint density at radius 1 is 1.00 bits per heavy atom. The Labute approximate surface area is 136 Å². The Hall–Kier alpha value is -0.840. The highest BCUT2D eigenvalue weighted by molar-refractivity contribution is 9.11. The van der Waals surface area contributed by atoms with Gasteiger partial charge in [0.1, 0.15) is 5.75 Å². The molecule has 2 aromatic rings. The Morgan fingerprint density at radius 2 is 1.60 bits per heavy atom. The normalized spacial score (nSPS) is 12.2. The monoisotopic (exact) mass is 397 g/mol. The molecule has 0 heterocycles. The third-order valence-corrected chi connectivity index (χ3v) is 3.95. The molecule has 1 N–H and O–H groups in total. The number of nitrogens with one attached hydrogen (secondary N) is 1. The molecule has 1 atom stereocenters. The van der Waals surface area contributed by atoms with Gasteiger partial charge in [0.2, 0.25) is 0 Å². The maximum atomic E-state index is 5.48. The van der Waals surface area contributed by atoms with Crippen LogP contribution >= 0.6 is 31.9 Å². The maximum Gasteiger partial charge on any atom is 0.119 e. The minimum atomic E-state index is 0.152. The van der Waals surface area contributed by atoms with E-state index in [1.807, 2.05) is 32.2 Å². The zero-order valence-corrected chi connectivity index (χ0v) is 14.7. The second kappa shape index (κ2) is 7.25. The van der Waals surface area contributed by atoms with Crippen LogP contribution in [0.15, 0.2) is 51.4 Å². The molecule has 2 nitrogen and oxygen atoms in total. The van der Waals surface area contributed by atoms with Crippen LogP contribution < -0.4 is 10.1 Å². The van der Waals surface area contributed by atoms with Gasteiger partial charge in [-0.25, -0.2) is 0 Å². The second-order valence-electron chi connectivity index (χ2n) is 4.43. The zero-order chi connectivity index (χ0) is 14.5. The fourth-order valence-electron chi connectivity index (χ4n) is 2.19. The Kier molecular flexibility index (Phi) is 5.64. The first kappa shape index (κ1) is 15.5. The summed E-state index contributed by atoms with van der Waals surface area (Å²) in [5.41, 5.74) is 2.42. The van der Waals surface area contributed by atoms with Gasteiger partial charge in [-0.15, -0.1) is 0 Å². The van der Waals surface area contributed by atoms with Crippen molar-refractivity contribution in [2.45, 2.75) is 13.0 Å². The highest BCUT2D eigenvalue weighted by Gasteiger charge is 2.13. The molecule has 0 spiro atoms. The quantitative estimate of drug-likeness (QED) is 0.771. The third-order valence-electron chi connectivity index (χ3n) is 3.03. The molecule has 0 aliphatic carbocycles. The molecule has 1 unspecified atom stereocenters.